The summed E-state index contributed by atoms with van der Waals surface area (Å²) >= 11 is 0. The van der Waals surface area contributed by atoms with E-state index in [4.69, 9.17) is 4.74 Å². The third-order valence-electron chi connectivity index (χ3n) is 5.09. The van der Waals surface area contributed by atoms with Gasteiger partial charge in [-0.15, -0.1) is 0 Å². The average Bonchev–Trinajstić information content (AvgIpc) is 2.68. The Hall–Kier alpha value is -2.22. The van der Waals surface area contributed by atoms with Crippen molar-refractivity contribution in [3.8, 4) is 0 Å². The van der Waals surface area contributed by atoms with Gasteiger partial charge in [0, 0.05) is 31.5 Å². The first-order valence-corrected chi connectivity index (χ1v) is 11.2. The molecule has 6 nitrogen and oxygen atoms in total. The van der Waals surface area contributed by atoms with E-state index in [1.54, 1.807) is 53.9 Å². The number of ether oxygens (including phenoxy) is 1. The molecule has 1 aliphatic heterocycles. The molecule has 156 valence electrons. The van der Waals surface area contributed by atoms with Crippen LogP contribution in [0.3, 0.4) is 0 Å². The third-order valence-corrected chi connectivity index (χ3v) is 6.93. The molecule has 0 unspecified atom stereocenters. The number of sulfonamides is 1. The summed E-state index contributed by atoms with van der Waals surface area (Å²) in [5.41, 5.74) is 1.98. The number of methoxy groups -OCH3 is 1. The Kier molecular flexibility index (Phi) is 6.72. The van der Waals surface area contributed by atoms with E-state index in [2.05, 4.69) is 19.2 Å². The van der Waals surface area contributed by atoms with Gasteiger partial charge in [0.25, 0.3) is 5.91 Å². The van der Waals surface area contributed by atoms with E-state index in [0.717, 1.165) is 12.0 Å². The first-order chi connectivity index (χ1) is 13.8. The number of carbonyl (C=O) groups excluding carboxylic acids is 1. The van der Waals surface area contributed by atoms with Gasteiger partial charge in [-0.1, -0.05) is 26.0 Å². The second-order valence-electron chi connectivity index (χ2n) is 7.88. The molecule has 1 heterocycles. The van der Waals surface area contributed by atoms with E-state index in [9.17, 15) is 13.2 Å². The Morgan fingerprint density at radius 3 is 2.38 bits per heavy atom. The quantitative estimate of drug-likeness (QED) is 0.778. The number of piperidine rings is 1. The number of nitrogens with zero attached hydrogens (tertiary/aromatic N) is 1. The molecule has 0 aliphatic carbocycles. The Balaban J connectivity index is 1.71. The lowest BCUT2D eigenvalue weighted by Gasteiger charge is -2.34. The number of hydrogen-bond donors (Lipinski definition) is 1. The molecule has 3 rings (SSSR count). The van der Waals surface area contributed by atoms with Crippen molar-refractivity contribution in [2.45, 2.75) is 31.8 Å². The smallest absolute Gasteiger partial charge is 0.255 e. The lowest BCUT2D eigenvalue weighted by atomic mass is 9.94. The predicted octanol–water partition coefficient (Wildman–Crippen LogP) is 3.75. The molecule has 1 saturated heterocycles. The highest BCUT2D eigenvalue weighted by Crippen LogP contribution is 2.27. The van der Waals surface area contributed by atoms with Crippen LogP contribution in [0.4, 0.5) is 5.69 Å². The maximum atomic E-state index is 13.0. The second-order valence-corrected chi connectivity index (χ2v) is 9.82. The van der Waals surface area contributed by atoms with E-state index >= 15 is 0 Å². The van der Waals surface area contributed by atoms with E-state index in [-0.39, 0.29) is 10.8 Å². The van der Waals surface area contributed by atoms with Crippen LogP contribution in [0.15, 0.2) is 53.4 Å². The van der Waals surface area contributed by atoms with E-state index in [1.165, 1.54) is 0 Å². The van der Waals surface area contributed by atoms with Crippen molar-refractivity contribution >= 4 is 21.6 Å². The summed E-state index contributed by atoms with van der Waals surface area (Å²) in [5, 5.41) is 2.81. The molecule has 2 atom stereocenters. The number of hydrogen-bond acceptors (Lipinski definition) is 4. The fraction of sp³-hybridized carbons (Fsp3) is 0.409. The van der Waals surface area contributed by atoms with E-state index in [0.29, 0.717) is 42.8 Å². The van der Waals surface area contributed by atoms with Crippen LogP contribution in [-0.4, -0.2) is 38.8 Å². The summed E-state index contributed by atoms with van der Waals surface area (Å²) in [5.74, 6) is 0.444. The monoisotopic (exact) mass is 416 g/mol. The number of anilines is 1. The van der Waals surface area contributed by atoms with Gasteiger partial charge in [0.2, 0.25) is 10.0 Å². The van der Waals surface area contributed by atoms with Gasteiger partial charge in [-0.2, -0.15) is 4.31 Å². The Labute approximate surface area is 172 Å². The zero-order valence-electron chi connectivity index (χ0n) is 17.1. The highest BCUT2D eigenvalue weighted by atomic mass is 32.2. The fourth-order valence-corrected chi connectivity index (χ4v) is 5.51. The molecule has 0 spiro atoms. The van der Waals surface area contributed by atoms with Crippen LogP contribution in [0.5, 0.6) is 0 Å². The van der Waals surface area contributed by atoms with Crippen LogP contribution >= 0.6 is 0 Å². The third kappa shape index (κ3) is 5.23. The zero-order valence-corrected chi connectivity index (χ0v) is 17.9. The lowest BCUT2D eigenvalue weighted by Crippen LogP contribution is -2.42. The molecule has 7 heteroatoms. The van der Waals surface area contributed by atoms with Crippen molar-refractivity contribution in [1.82, 2.24) is 4.31 Å². The minimum absolute atomic E-state index is 0.249. The van der Waals surface area contributed by atoms with Crippen LogP contribution in [0.1, 0.15) is 36.2 Å². The van der Waals surface area contributed by atoms with Crippen molar-refractivity contribution in [3.05, 3.63) is 59.7 Å². The molecule has 1 aliphatic rings. The number of rotatable bonds is 6. The largest absolute Gasteiger partial charge is 0.380 e. The summed E-state index contributed by atoms with van der Waals surface area (Å²) in [6.45, 7) is 5.68. The molecular formula is C22H28N2O4S. The molecule has 0 saturated carbocycles. The summed E-state index contributed by atoms with van der Waals surface area (Å²) < 4.78 is 32.6. The van der Waals surface area contributed by atoms with Gasteiger partial charge in [-0.05, 0) is 60.2 Å². The highest BCUT2D eigenvalue weighted by molar-refractivity contribution is 7.89. The number of nitrogens with one attached hydrogen (secondary N) is 1. The van der Waals surface area contributed by atoms with Crippen molar-refractivity contribution in [2.75, 3.05) is 25.5 Å². The standard InChI is InChI=1S/C22H28N2O4S/c1-16-11-17(2)14-24(13-16)29(26,27)21-9-7-20(8-10-21)23-22(25)19-6-4-5-18(12-19)15-28-3/h4-10,12,16-17H,11,13-15H2,1-3H3,(H,23,25)/t16-,17-/m1/s1. The van der Waals surface area contributed by atoms with E-state index in [1.807, 2.05) is 6.07 Å². The summed E-state index contributed by atoms with van der Waals surface area (Å²) in [6, 6.07) is 13.6. The first-order valence-electron chi connectivity index (χ1n) is 9.79. The Morgan fingerprint density at radius 1 is 1.10 bits per heavy atom. The van der Waals surface area contributed by atoms with Gasteiger partial charge >= 0.3 is 0 Å². The van der Waals surface area contributed by atoms with Crippen LogP contribution in [0, 0.1) is 11.8 Å². The molecule has 1 N–H and O–H groups in total. The van der Waals surface area contributed by atoms with Gasteiger partial charge in [0.1, 0.15) is 0 Å². The van der Waals surface area contributed by atoms with Gasteiger partial charge in [-0.25, -0.2) is 8.42 Å². The van der Waals surface area contributed by atoms with Crippen LogP contribution < -0.4 is 5.32 Å². The molecule has 0 radical (unpaired) electrons. The summed E-state index contributed by atoms with van der Waals surface area (Å²) in [7, 11) is -1.93. The maximum Gasteiger partial charge on any atom is 0.255 e. The zero-order chi connectivity index (χ0) is 21.0. The van der Waals surface area contributed by atoms with Gasteiger partial charge < -0.3 is 10.1 Å². The highest BCUT2D eigenvalue weighted by Gasteiger charge is 2.31. The Bertz CT molecular complexity index is 947. The van der Waals surface area contributed by atoms with Crippen molar-refractivity contribution in [1.29, 1.82) is 0 Å². The van der Waals surface area contributed by atoms with Gasteiger partial charge in [-0.3, -0.25) is 4.79 Å². The van der Waals surface area contributed by atoms with Crippen LogP contribution in [0.25, 0.3) is 0 Å². The molecule has 2 aromatic rings. The lowest BCUT2D eigenvalue weighted by molar-refractivity contribution is 0.102. The molecular weight excluding hydrogens is 388 g/mol. The van der Waals surface area contributed by atoms with Crippen LogP contribution in [0.2, 0.25) is 0 Å². The molecule has 2 aromatic carbocycles. The van der Waals surface area contributed by atoms with Crippen molar-refractivity contribution in [2.24, 2.45) is 11.8 Å². The predicted molar refractivity (Wildman–Crippen MR) is 113 cm³/mol. The number of amides is 1. The second kappa shape index (κ2) is 9.07. The van der Waals surface area contributed by atoms with Crippen molar-refractivity contribution in [3.63, 3.8) is 0 Å². The SMILES string of the molecule is COCc1cccc(C(=O)Nc2ccc(S(=O)(=O)N3C[C@H](C)C[C@@H](C)C3)cc2)c1. The number of carbonyl (C=O) groups is 1. The molecule has 1 fully saturated rings. The number of benzene rings is 2. The minimum atomic E-state index is -3.53. The minimum Gasteiger partial charge on any atom is -0.380 e. The summed E-state index contributed by atoms with van der Waals surface area (Å²) in [6.07, 6.45) is 1.04. The van der Waals surface area contributed by atoms with Crippen LogP contribution in [-0.2, 0) is 21.4 Å². The van der Waals surface area contributed by atoms with Crippen molar-refractivity contribution < 1.29 is 17.9 Å². The average molecular weight is 417 g/mol. The topological polar surface area (TPSA) is 75.7 Å². The van der Waals surface area contributed by atoms with Gasteiger partial charge in [0.15, 0.2) is 0 Å². The Morgan fingerprint density at radius 2 is 1.76 bits per heavy atom. The molecule has 29 heavy (non-hydrogen) atoms. The molecule has 0 aromatic heterocycles. The maximum absolute atomic E-state index is 13.0. The normalized spacial score (nSPS) is 20.4. The first kappa shape index (κ1) is 21.5. The molecule has 1 amide bonds. The van der Waals surface area contributed by atoms with E-state index < -0.39 is 10.0 Å². The fourth-order valence-electron chi connectivity index (χ4n) is 3.83. The van der Waals surface area contributed by atoms with Gasteiger partial charge in [0.05, 0.1) is 11.5 Å². The summed E-state index contributed by atoms with van der Waals surface area (Å²) in [4.78, 5) is 12.7. The molecule has 0 bridgehead atoms.